The smallest absolute Gasteiger partial charge is 0.293 e. The molecule has 0 bridgehead atoms. The molecule has 0 saturated heterocycles. The lowest BCUT2D eigenvalue weighted by atomic mass is 10.3. The van der Waals surface area contributed by atoms with Crippen molar-refractivity contribution in [3.8, 4) is 0 Å². The summed E-state index contributed by atoms with van der Waals surface area (Å²) in [5, 5.41) is 3.07. The third-order valence-electron chi connectivity index (χ3n) is 2.71. The molecule has 18 heavy (non-hydrogen) atoms. The van der Waals surface area contributed by atoms with Gasteiger partial charge in [-0.3, -0.25) is 4.79 Å². The first kappa shape index (κ1) is 12.3. The summed E-state index contributed by atoms with van der Waals surface area (Å²) >= 11 is 0. The molecule has 0 fully saturated rings. The number of nitrogens with zero attached hydrogens (tertiary/aromatic N) is 3. The first-order valence-electron chi connectivity index (χ1n) is 5.92. The minimum Gasteiger partial charge on any atom is -0.356 e. The minimum atomic E-state index is -0.120. The quantitative estimate of drug-likeness (QED) is 0.862. The van der Waals surface area contributed by atoms with Gasteiger partial charge in [0.2, 0.25) is 0 Å². The summed E-state index contributed by atoms with van der Waals surface area (Å²) < 4.78 is 1.64. The molecule has 0 aliphatic heterocycles. The van der Waals surface area contributed by atoms with Crippen molar-refractivity contribution in [2.75, 3.05) is 5.32 Å². The number of hydrogen-bond acceptors (Lipinski definition) is 4. The summed E-state index contributed by atoms with van der Waals surface area (Å²) in [6, 6.07) is 0.0168. The monoisotopic (exact) mass is 247 g/mol. The Morgan fingerprint density at radius 2 is 2.06 bits per heavy atom. The molecule has 96 valence electrons. The van der Waals surface area contributed by atoms with Gasteiger partial charge in [0.15, 0.2) is 5.82 Å². The van der Waals surface area contributed by atoms with Gasteiger partial charge in [-0.25, -0.2) is 9.97 Å². The lowest BCUT2D eigenvalue weighted by Crippen LogP contribution is -2.26. The van der Waals surface area contributed by atoms with Gasteiger partial charge in [-0.15, -0.1) is 0 Å². The standard InChI is InChI=1S/C12H17N5O/c1-8(2)17-7-6-15-11(12(17)18)16-9(3)10-13-4-5-14-10/h4-9H,1-3H3,(H,13,14)(H,15,16). The van der Waals surface area contributed by atoms with Crippen molar-refractivity contribution in [1.82, 2.24) is 19.5 Å². The number of aromatic amines is 1. The van der Waals surface area contributed by atoms with E-state index in [1.54, 1.807) is 29.4 Å². The highest BCUT2D eigenvalue weighted by molar-refractivity contribution is 5.33. The van der Waals surface area contributed by atoms with E-state index in [1.165, 1.54) is 0 Å². The molecule has 0 aromatic carbocycles. The van der Waals surface area contributed by atoms with Crippen LogP contribution in [-0.2, 0) is 0 Å². The van der Waals surface area contributed by atoms with E-state index in [2.05, 4.69) is 20.3 Å². The van der Waals surface area contributed by atoms with Crippen molar-refractivity contribution in [3.05, 3.63) is 41.0 Å². The molecule has 2 aromatic rings. The lowest BCUT2D eigenvalue weighted by molar-refractivity contribution is 0.574. The third kappa shape index (κ3) is 2.42. The molecular formula is C12H17N5O. The minimum absolute atomic E-state index is 0.0942. The topological polar surface area (TPSA) is 75.6 Å². The Kier molecular flexibility index (Phi) is 3.45. The van der Waals surface area contributed by atoms with Crippen LogP contribution in [-0.4, -0.2) is 19.5 Å². The predicted octanol–water partition coefficient (Wildman–Crippen LogP) is 1.72. The Labute approximate surface area is 105 Å². The van der Waals surface area contributed by atoms with Crippen molar-refractivity contribution in [3.63, 3.8) is 0 Å². The number of hydrogen-bond donors (Lipinski definition) is 2. The third-order valence-corrected chi connectivity index (χ3v) is 2.71. The Bertz CT molecular complexity index is 558. The van der Waals surface area contributed by atoms with Crippen LogP contribution in [0.5, 0.6) is 0 Å². The Hall–Kier alpha value is -2.11. The van der Waals surface area contributed by atoms with Crippen LogP contribution in [0, 0.1) is 0 Å². The number of rotatable bonds is 4. The molecule has 0 aliphatic carbocycles. The zero-order valence-electron chi connectivity index (χ0n) is 10.7. The van der Waals surface area contributed by atoms with Crippen molar-refractivity contribution in [1.29, 1.82) is 0 Å². The second-order valence-electron chi connectivity index (χ2n) is 4.42. The molecule has 0 saturated carbocycles. The van der Waals surface area contributed by atoms with Gasteiger partial charge < -0.3 is 14.9 Å². The van der Waals surface area contributed by atoms with Crippen LogP contribution in [0.15, 0.2) is 29.6 Å². The van der Waals surface area contributed by atoms with Gasteiger partial charge in [0.1, 0.15) is 5.82 Å². The summed E-state index contributed by atoms with van der Waals surface area (Å²) in [7, 11) is 0. The zero-order valence-corrected chi connectivity index (χ0v) is 10.7. The van der Waals surface area contributed by atoms with E-state index in [-0.39, 0.29) is 17.6 Å². The fourth-order valence-corrected chi connectivity index (χ4v) is 1.72. The maximum absolute atomic E-state index is 12.1. The summed E-state index contributed by atoms with van der Waals surface area (Å²) in [5.74, 6) is 1.12. The van der Waals surface area contributed by atoms with E-state index in [9.17, 15) is 4.79 Å². The normalized spacial score (nSPS) is 12.7. The van der Waals surface area contributed by atoms with Crippen LogP contribution in [0.2, 0.25) is 0 Å². The molecule has 1 unspecified atom stereocenters. The van der Waals surface area contributed by atoms with Crippen LogP contribution in [0.25, 0.3) is 0 Å². The number of anilines is 1. The largest absolute Gasteiger partial charge is 0.356 e. The number of nitrogens with one attached hydrogen (secondary N) is 2. The fraction of sp³-hybridized carbons (Fsp3) is 0.417. The van der Waals surface area contributed by atoms with Crippen LogP contribution < -0.4 is 10.9 Å². The second kappa shape index (κ2) is 5.03. The molecule has 0 aliphatic rings. The summed E-state index contributed by atoms with van der Waals surface area (Å²) in [5.41, 5.74) is -0.120. The Morgan fingerprint density at radius 1 is 1.28 bits per heavy atom. The zero-order chi connectivity index (χ0) is 13.1. The van der Waals surface area contributed by atoms with E-state index in [1.807, 2.05) is 20.8 Å². The van der Waals surface area contributed by atoms with E-state index in [0.717, 1.165) is 5.82 Å². The molecule has 2 N–H and O–H groups in total. The Morgan fingerprint density at radius 3 is 2.67 bits per heavy atom. The maximum atomic E-state index is 12.1. The van der Waals surface area contributed by atoms with Crippen LogP contribution >= 0.6 is 0 Å². The highest BCUT2D eigenvalue weighted by Crippen LogP contribution is 2.11. The van der Waals surface area contributed by atoms with Crippen molar-refractivity contribution >= 4 is 5.82 Å². The predicted molar refractivity (Wildman–Crippen MR) is 69.5 cm³/mol. The molecule has 0 spiro atoms. The SMILES string of the molecule is CC(Nc1nccn(C(C)C)c1=O)c1ncc[nH]1. The molecule has 1 atom stereocenters. The van der Waals surface area contributed by atoms with Gasteiger partial charge in [-0.2, -0.15) is 0 Å². The molecular weight excluding hydrogens is 230 g/mol. The molecule has 0 amide bonds. The van der Waals surface area contributed by atoms with E-state index in [4.69, 9.17) is 0 Å². The number of aromatic nitrogens is 4. The molecule has 2 rings (SSSR count). The van der Waals surface area contributed by atoms with Gasteiger partial charge in [-0.05, 0) is 20.8 Å². The van der Waals surface area contributed by atoms with Crippen molar-refractivity contribution in [2.45, 2.75) is 32.9 Å². The summed E-state index contributed by atoms with van der Waals surface area (Å²) in [6.45, 7) is 5.84. The first-order chi connectivity index (χ1) is 8.59. The van der Waals surface area contributed by atoms with Crippen LogP contribution in [0.1, 0.15) is 38.7 Å². The van der Waals surface area contributed by atoms with Crippen LogP contribution in [0.4, 0.5) is 5.82 Å². The Balaban J connectivity index is 2.25. The number of imidazole rings is 1. The van der Waals surface area contributed by atoms with Crippen molar-refractivity contribution < 1.29 is 0 Å². The fourth-order valence-electron chi connectivity index (χ4n) is 1.72. The maximum Gasteiger partial charge on any atom is 0.293 e. The highest BCUT2D eigenvalue weighted by Gasteiger charge is 2.12. The molecule has 6 nitrogen and oxygen atoms in total. The number of H-pyrrole nitrogens is 1. The molecule has 0 radical (unpaired) electrons. The average molecular weight is 247 g/mol. The van der Waals surface area contributed by atoms with E-state index < -0.39 is 0 Å². The highest BCUT2D eigenvalue weighted by atomic mass is 16.1. The van der Waals surface area contributed by atoms with Gasteiger partial charge in [0, 0.05) is 30.8 Å². The van der Waals surface area contributed by atoms with Crippen molar-refractivity contribution in [2.24, 2.45) is 0 Å². The second-order valence-corrected chi connectivity index (χ2v) is 4.42. The average Bonchev–Trinajstić information content (AvgIpc) is 2.85. The van der Waals surface area contributed by atoms with Gasteiger partial charge in [0.05, 0.1) is 6.04 Å². The van der Waals surface area contributed by atoms with Gasteiger partial charge >= 0.3 is 0 Å². The molecule has 6 heteroatoms. The molecule has 2 heterocycles. The van der Waals surface area contributed by atoms with Crippen LogP contribution in [0.3, 0.4) is 0 Å². The van der Waals surface area contributed by atoms with Gasteiger partial charge in [0.25, 0.3) is 5.56 Å². The molecule has 2 aromatic heterocycles. The van der Waals surface area contributed by atoms with Gasteiger partial charge in [-0.1, -0.05) is 0 Å². The summed E-state index contributed by atoms with van der Waals surface area (Å²) in [4.78, 5) is 23.4. The summed E-state index contributed by atoms with van der Waals surface area (Å²) in [6.07, 6.45) is 6.74. The lowest BCUT2D eigenvalue weighted by Gasteiger charge is -2.14. The van der Waals surface area contributed by atoms with E-state index in [0.29, 0.717) is 5.82 Å². The van der Waals surface area contributed by atoms with E-state index >= 15 is 0 Å². The first-order valence-corrected chi connectivity index (χ1v) is 5.92.